The number of halogens is 2. The highest BCUT2D eigenvalue weighted by Crippen LogP contribution is 2.25. The Balaban J connectivity index is 2.55. The molecule has 0 spiro atoms. The summed E-state index contributed by atoms with van der Waals surface area (Å²) < 4.78 is 0.826. The van der Waals surface area contributed by atoms with Crippen LogP contribution < -0.4 is 5.32 Å². The van der Waals surface area contributed by atoms with Crippen LogP contribution in [0, 0.1) is 0 Å². The third kappa shape index (κ3) is 3.46. The molecule has 0 aromatic heterocycles. The van der Waals surface area contributed by atoms with Crippen molar-refractivity contribution in [3.63, 3.8) is 0 Å². The zero-order valence-electron chi connectivity index (χ0n) is 7.37. The van der Waals surface area contributed by atoms with Crippen LogP contribution in [0.5, 0.6) is 0 Å². The minimum Gasteiger partial charge on any atom is -0.394 e. The number of aliphatic hydroxyl groups is 2. The predicted octanol–water partition coefficient (Wildman–Crippen LogP) is 1.87. The summed E-state index contributed by atoms with van der Waals surface area (Å²) in [5, 5.41) is 21.2. The van der Waals surface area contributed by atoms with E-state index in [0.29, 0.717) is 11.6 Å². The average Bonchev–Trinajstić information content (AvgIpc) is 2.19. The Morgan fingerprint density at radius 3 is 2.79 bits per heavy atom. The van der Waals surface area contributed by atoms with E-state index in [1.807, 2.05) is 12.1 Å². The van der Waals surface area contributed by atoms with Gasteiger partial charge in [0.15, 0.2) is 0 Å². The predicted molar refractivity (Wildman–Crippen MR) is 60.7 cm³/mol. The van der Waals surface area contributed by atoms with Crippen molar-refractivity contribution in [1.82, 2.24) is 0 Å². The molecule has 0 radical (unpaired) electrons. The molecule has 0 fully saturated rings. The molecule has 5 heteroatoms. The van der Waals surface area contributed by atoms with Crippen LogP contribution in [0.4, 0.5) is 5.69 Å². The smallest absolute Gasteiger partial charge is 0.0942 e. The van der Waals surface area contributed by atoms with Gasteiger partial charge < -0.3 is 15.5 Å². The minimum atomic E-state index is -0.752. The summed E-state index contributed by atoms with van der Waals surface area (Å²) in [5.74, 6) is 0. The Hall–Kier alpha value is -0.290. The fraction of sp³-hybridized carbons (Fsp3) is 0.333. The van der Waals surface area contributed by atoms with Crippen molar-refractivity contribution in [3.05, 3.63) is 27.7 Å². The second-order valence-electron chi connectivity index (χ2n) is 2.85. The van der Waals surface area contributed by atoms with Crippen LogP contribution in [-0.2, 0) is 0 Å². The van der Waals surface area contributed by atoms with E-state index in [0.717, 1.165) is 10.2 Å². The molecule has 0 aliphatic rings. The molecule has 1 aromatic carbocycles. The lowest BCUT2D eigenvalue weighted by atomic mass is 10.3. The molecule has 0 unspecified atom stereocenters. The van der Waals surface area contributed by atoms with E-state index >= 15 is 0 Å². The van der Waals surface area contributed by atoms with Gasteiger partial charge in [-0.3, -0.25) is 0 Å². The summed E-state index contributed by atoms with van der Waals surface area (Å²) in [6.45, 7) is 0.0473. The van der Waals surface area contributed by atoms with E-state index in [2.05, 4.69) is 21.2 Å². The normalized spacial score (nSPS) is 12.6. The second-order valence-corrected chi connectivity index (χ2v) is 4.11. The van der Waals surface area contributed by atoms with Crippen LogP contribution in [0.2, 0.25) is 5.02 Å². The lowest BCUT2D eigenvalue weighted by molar-refractivity contribution is 0.105. The number of nitrogens with one attached hydrogen (secondary N) is 1. The first kappa shape index (κ1) is 11.8. The zero-order chi connectivity index (χ0) is 10.6. The van der Waals surface area contributed by atoms with E-state index in [1.165, 1.54) is 0 Å². The van der Waals surface area contributed by atoms with Crippen LogP contribution >= 0.6 is 27.5 Å². The number of aliphatic hydroxyl groups excluding tert-OH is 2. The van der Waals surface area contributed by atoms with Gasteiger partial charge in [0, 0.05) is 16.7 Å². The molecule has 0 heterocycles. The van der Waals surface area contributed by atoms with Crippen molar-refractivity contribution >= 4 is 33.2 Å². The molecule has 3 N–H and O–H groups in total. The van der Waals surface area contributed by atoms with Gasteiger partial charge in [-0.15, -0.1) is 0 Å². The monoisotopic (exact) mass is 279 g/mol. The maximum atomic E-state index is 9.09. The van der Waals surface area contributed by atoms with Gasteiger partial charge in [-0.1, -0.05) is 11.6 Å². The molecule has 0 bridgehead atoms. The van der Waals surface area contributed by atoms with Crippen molar-refractivity contribution in [3.8, 4) is 0 Å². The molecule has 0 saturated heterocycles. The summed E-state index contributed by atoms with van der Waals surface area (Å²) in [6.07, 6.45) is -0.752. The molecule has 0 amide bonds. The van der Waals surface area contributed by atoms with Crippen molar-refractivity contribution in [2.75, 3.05) is 18.5 Å². The summed E-state index contributed by atoms with van der Waals surface area (Å²) in [6, 6.07) is 5.39. The second kappa shape index (κ2) is 5.56. The van der Waals surface area contributed by atoms with Crippen molar-refractivity contribution < 1.29 is 10.2 Å². The molecule has 1 rings (SSSR count). The van der Waals surface area contributed by atoms with Crippen LogP contribution in [0.3, 0.4) is 0 Å². The maximum absolute atomic E-state index is 9.09. The molecule has 0 aliphatic heterocycles. The minimum absolute atomic E-state index is 0.253. The summed E-state index contributed by atoms with van der Waals surface area (Å²) in [4.78, 5) is 0. The van der Waals surface area contributed by atoms with E-state index in [4.69, 9.17) is 21.8 Å². The molecule has 1 aromatic rings. The van der Waals surface area contributed by atoms with E-state index in [9.17, 15) is 0 Å². The van der Waals surface area contributed by atoms with Gasteiger partial charge in [-0.05, 0) is 34.1 Å². The van der Waals surface area contributed by atoms with Gasteiger partial charge in [0.05, 0.1) is 17.7 Å². The highest BCUT2D eigenvalue weighted by atomic mass is 79.9. The lowest BCUT2D eigenvalue weighted by Crippen LogP contribution is -2.22. The van der Waals surface area contributed by atoms with Gasteiger partial charge in [0.25, 0.3) is 0 Å². The van der Waals surface area contributed by atoms with Gasteiger partial charge >= 0.3 is 0 Å². The van der Waals surface area contributed by atoms with E-state index < -0.39 is 6.10 Å². The SMILES string of the molecule is OC[C@@H](O)CNc1ccc(Br)c(Cl)c1. The summed E-state index contributed by atoms with van der Waals surface area (Å²) in [5.41, 5.74) is 0.811. The lowest BCUT2D eigenvalue weighted by Gasteiger charge is -2.10. The molecule has 3 nitrogen and oxygen atoms in total. The Bertz CT molecular complexity index is 309. The maximum Gasteiger partial charge on any atom is 0.0942 e. The van der Waals surface area contributed by atoms with E-state index in [-0.39, 0.29) is 6.61 Å². The van der Waals surface area contributed by atoms with E-state index in [1.54, 1.807) is 6.07 Å². The number of anilines is 1. The van der Waals surface area contributed by atoms with Gasteiger partial charge in [0.2, 0.25) is 0 Å². The third-order valence-electron chi connectivity index (χ3n) is 1.67. The van der Waals surface area contributed by atoms with Crippen LogP contribution in [0.1, 0.15) is 0 Å². The Morgan fingerprint density at radius 1 is 1.50 bits per heavy atom. The number of hydrogen-bond donors (Lipinski definition) is 3. The first-order valence-corrected chi connectivity index (χ1v) is 5.28. The van der Waals surface area contributed by atoms with Gasteiger partial charge in [-0.2, -0.15) is 0 Å². The number of benzene rings is 1. The fourth-order valence-electron chi connectivity index (χ4n) is 0.906. The first-order valence-electron chi connectivity index (χ1n) is 4.11. The molecule has 78 valence electrons. The van der Waals surface area contributed by atoms with Crippen molar-refractivity contribution in [2.45, 2.75) is 6.10 Å². The van der Waals surface area contributed by atoms with Crippen LogP contribution in [0.15, 0.2) is 22.7 Å². The summed E-state index contributed by atoms with van der Waals surface area (Å²) >= 11 is 9.14. The number of hydrogen-bond acceptors (Lipinski definition) is 3. The molecule has 0 aliphatic carbocycles. The zero-order valence-corrected chi connectivity index (χ0v) is 9.72. The fourth-order valence-corrected chi connectivity index (χ4v) is 1.33. The van der Waals surface area contributed by atoms with Gasteiger partial charge in [-0.25, -0.2) is 0 Å². The Kier molecular flexibility index (Phi) is 4.68. The quantitative estimate of drug-likeness (QED) is 0.789. The molecular weight excluding hydrogens is 269 g/mol. The third-order valence-corrected chi connectivity index (χ3v) is 2.90. The molecule has 1 atom stereocenters. The Morgan fingerprint density at radius 2 is 2.21 bits per heavy atom. The van der Waals surface area contributed by atoms with Crippen molar-refractivity contribution in [1.29, 1.82) is 0 Å². The standard InChI is InChI=1S/C9H11BrClNO2/c10-8-2-1-6(3-9(8)11)12-4-7(14)5-13/h1-3,7,12-14H,4-5H2/t7-/m0/s1. The molecular formula is C9H11BrClNO2. The van der Waals surface area contributed by atoms with Crippen LogP contribution in [-0.4, -0.2) is 29.5 Å². The number of rotatable bonds is 4. The highest BCUT2D eigenvalue weighted by Gasteiger charge is 2.02. The largest absolute Gasteiger partial charge is 0.394 e. The topological polar surface area (TPSA) is 52.5 Å². The highest BCUT2D eigenvalue weighted by molar-refractivity contribution is 9.10. The Labute approximate surface area is 95.8 Å². The van der Waals surface area contributed by atoms with Crippen molar-refractivity contribution in [2.24, 2.45) is 0 Å². The average molecular weight is 281 g/mol. The van der Waals surface area contributed by atoms with Crippen LogP contribution in [0.25, 0.3) is 0 Å². The van der Waals surface area contributed by atoms with Gasteiger partial charge in [0.1, 0.15) is 0 Å². The molecule has 14 heavy (non-hydrogen) atoms. The first-order chi connectivity index (χ1) is 6.63. The molecule has 0 saturated carbocycles. The summed E-state index contributed by atoms with van der Waals surface area (Å²) in [7, 11) is 0.